The molecule has 0 radical (unpaired) electrons. The molecule has 1 aliphatic rings. The molecule has 1 aromatic rings. The van der Waals surface area contributed by atoms with E-state index in [0.29, 0.717) is 16.4 Å². The van der Waals surface area contributed by atoms with Crippen LogP contribution in [0.2, 0.25) is 5.02 Å². The number of hydrogen-bond donors (Lipinski definition) is 1. The maximum Gasteiger partial charge on any atom is 0.355 e. The first-order valence-corrected chi connectivity index (χ1v) is 7.13. The molecule has 1 aromatic carbocycles. The lowest BCUT2D eigenvalue weighted by Crippen LogP contribution is -2.39. The van der Waals surface area contributed by atoms with E-state index in [2.05, 4.69) is 5.32 Å². The van der Waals surface area contributed by atoms with Gasteiger partial charge in [0.05, 0.1) is 37.8 Å². The Kier molecular flexibility index (Phi) is 5.46. The van der Waals surface area contributed by atoms with E-state index < -0.39 is 11.9 Å². The van der Waals surface area contributed by atoms with Crippen LogP contribution in [0.1, 0.15) is 0 Å². The van der Waals surface area contributed by atoms with Crippen LogP contribution in [0.4, 0.5) is 11.4 Å². The maximum absolute atomic E-state index is 12.2. The summed E-state index contributed by atoms with van der Waals surface area (Å²) in [5.41, 5.74) is 1.49. The molecule has 1 heterocycles. The molecule has 1 aliphatic heterocycles. The van der Waals surface area contributed by atoms with Crippen molar-refractivity contribution < 1.29 is 23.8 Å². The van der Waals surface area contributed by atoms with Crippen molar-refractivity contribution in [2.24, 2.45) is 0 Å². The van der Waals surface area contributed by atoms with E-state index in [1.807, 2.05) is 0 Å². The highest BCUT2D eigenvalue weighted by Crippen LogP contribution is 2.34. The van der Waals surface area contributed by atoms with Gasteiger partial charge in [0, 0.05) is 12.1 Å². The molecule has 23 heavy (non-hydrogen) atoms. The lowest BCUT2D eigenvalue weighted by molar-refractivity contribution is -0.140. The van der Waals surface area contributed by atoms with Crippen molar-refractivity contribution in [2.75, 3.05) is 44.8 Å². The zero-order valence-electron chi connectivity index (χ0n) is 13.0. The van der Waals surface area contributed by atoms with E-state index in [9.17, 15) is 9.59 Å². The monoisotopic (exact) mass is 340 g/mol. The summed E-state index contributed by atoms with van der Waals surface area (Å²) in [6.07, 6.45) is 0. The summed E-state index contributed by atoms with van der Waals surface area (Å²) in [5, 5.41) is 3.53. The van der Waals surface area contributed by atoms with Crippen LogP contribution < -0.4 is 10.2 Å². The Balaban J connectivity index is 2.60. The summed E-state index contributed by atoms with van der Waals surface area (Å²) in [6.45, 7) is 0.0529. The number of benzene rings is 1. The lowest BCUT2D eigenvalue weighted by Gasteiger charge is -2.32. The molecule has 0 fully saturated rings. The zero-order chi connectivity index (χ0) is 17.0. The van der Waals surface area contributed by atoms with Crippen LogP contribution in [0.25, 0.3) is 0 Å². The molecule has 8 heteroatoms. The molecule has 7 nitrogen and oxygen atoms in total. The largest absolute Gasteiger partial charge is 0.466 e. The number of carbonyl (C=O) groups excluding carboxylic acids is 2. The minimum atomic E-state index is -0.647. The number of methoxy groups -OCH3 is 2. The number of ether oxygens (including phenoxy) is 3. The molecule has 124 valence electrons. The van der Waals surface area contributed by atoms with Gasteiger partial charge in [0.2, 0.25) is 0 Å². The quantitative estimate of drug-likeness (QED) is 0.837. The maximum atomic E-state index is 12.2. The molecular formula is C15H17ClN2O5. The molecule has 0 aromatic heterocycles. The van der Waals surface area contributed by atoms with E-state index >= 15 is 0 Å². The van der Waals surface area contributed by atoms with Gasteiger partial charge in [-0.05, 0) is 18.2 Å². The third-order valence-electron chi connectivity index (χ3n) is 3.35. The van der Waals surface area contributed by atoms with Gasteiger partial charge in [0.25, 0.3) is 0 Å². The second kappa shape index (κ2) is 7.34. The van der Waals surface area contributed by atoms with Crippen LogP contribution in [0.3, 0.4) is 0 Å². The molecule has 1 N–H and O–H groups in total. The molecular weight excluding hydrogens is 324 g/mol. The van der Waals surface area contributed by atoms with Crippen molar-refractivity contribution in [3.05, 3.63) is 34.5 Å². The summed E-state index contributed by atoms with van der Waals surface area (Å²) >= 11 is 5.99. The fourth-order valence-electron chi connectivity index (χ4n) is 2.28. The Morgan fingerprint density at radius 3 is 2.57 bits per heavy atom. The van der Waals surface area contributed by atoms with Crippen LogP contribution in [-0.4, -0.2) is 46.5 Å². The van der Waals surface area contributed by atoms with Gasteiger partial charge < -0.3 is 24.4 Å². The third-order valence-corrected chi connectivity index (χ3v) is 3.59. The number of carbonyl (C=O) groups is 2. The fraction of sp³-hybridized carbons (Fsp3) is 0.333. The summed E-state index contributed by atoms with van der Waals surface area (Å²) < 4.78 is 15.0. The lowest BCUT2D eigenvalue weighted by atomic mass is 10.1. The zero-order valence-corrected chi connectivity index (χ0v) is 13.8. The number of hydrogen-bond acceptors (Lipinski definition) is 7. The SMILES string of the molecule is CNc1cc(Cl)ccc1N1COCC(C(=O)OC)=C1C(=O)OC. The molecule has 0 atom stereocenters. The van der Waals surface area contributed by atoms with Gasteiger partial charge in [-0.2, -0.15) is 0 Å². The van der Waals surface area contributed by atoms with Crippen LogP contribution >= 0.6 is 11.6 Å². The second-order valence-corrected chi connectivity index (χ2v) is 5.06. The number of anilines is 2. The average Bonchev–Trinajstić information content (AvgIpc) is 2.59. The predicted octanol–water partition coefficient (Wildman–Crippen LogP) is 1.78. The highest BCUT2D eigenvalue weighted by Gasteiger charge is 2.33. The van der Waals surface area contributed by atoms with Gasteiger partial charge in [-0.15, -0.1) is 0 Å². The van der Waals surface area contributed by atoms with Crippen molar-refractivity contribution in [2.45, 2.75) is 0 Å². The number of rotatable bonds is 4. The standard InChI is InChI=1S/C15H17ClN2O5/c1-17-11-6-9(16)4-5-12(11)18-8-23-7-10(14(19)21-2)13(18)15(20)22-3/h4-6,17H,7-8H2,1-3H3. The normalized spacial score (nSPS) is 14.5. The van der Waals surface area contributed by atoms with Gasteiger partial charge >= 0.3 is 11.9 Å². The number of nitrogens with one attached hydrogen (secondary N) is 1. The van der Waals surface area contributed by atoms with Crippen molar-refractivity contribution in [1.82, 2.24) is 0 Å². The van der Waals surface area contributed by atoms with Crippen molar-refractivity contribution in [3.8, 4) is 0 Å². The number of nitrogens with zero attached hydrogens (tertiary/aromatic N) is 1. The Bertz CT molecular complexity index is 659. The summed E-state index contributed by atoms with van der Waals surface area (Å²) in [7, 11) is 4.21. The van der Waals surface area contributed by atoms with E-state index in [1.165, 1.54) is 14.2 Å². The van der Waals surface area contributed by atoms with Crippen molar-refractivity contribution in [1.29, 1.82) is 0 Å². The van der Waals surface area contributed by atoms with E-state index in [0.717, 1.165) is 0 Å². The molecule has 0 aliphatic carbocycles. The molecule has 0 unspecified atom stereocenters. The van der Waals surface area contributed by atoms with Crippen LogP contribution in [0.5, 0.6) is 0 Å². The van der Waals surface area contributed by atoms with Gasteiger partial charge in [0.1, 0.15) is 12.4 Å². The van der Waals surface area contributed by atoms with E-state index in [1.54, 1.807) is 30.1 Å². The Labute approximate surface area is 138 Å². The van der Waals surface area contributed by atoms with E-state index in [4.69, 9.17) is 25.8 Å². The smallest absolute Gasteiger partial charge is 0.355 e. The van der Waals surface area contributed by atoms with Crippen molar-refractivity contribution in [3.63, 3.8) is 0 Å². The average molecular weight is 341 g/mol. The molecule has 0 spiro atoms. The molecule has 0 amide bonds. The first-order valence-electron chi connectivity index (χ1n) is 6.75. The minimum absolute atomic E-state index is 0.0317. The Morgan fingerprint density at radius 2 is 1.96 bits per heavy atom. The highest BCUT2D eigenvalue weighted by molar-refractivity contribution is 6.31. The topological polar surface area (TPSA) is 77.1 Å². The molecule has 0 saturated carbocycles. The summed E-state index contributed by atoms with van der Waals surface area (Å²) in [6, 6.07) is 5.11. The van der Waals surface area contributed by atoms with Gasteiger partial charge in [0.15, 0.2) is 0 Å². The Hall–Kier alpha value is -2.25. The van der Waals surface area contributed by atoms with Gasteiger partial charge in [-0.3, -0.25) is 0 Å². The highest BCUT2D eigenvalue weighted by atomic mass is 35.5. The summed E-state index contributed by atoms with van der Waals surface area (Å²) in [4.78, 5) is 25.7. The predicted molar refractivity (Wildman–Crippen MR) is 85.4 cm³/mol. The van der Waals surface area contributed by atoms with Crippen molar-refractivity contribution >= 4 is 34.9 Å². The second-order valence-electron chi connectivity index (χ2n) is 4.63. The third kappa shape index (κ3) is 3.40. The first kappa shape index (κ1) is 17.1. The molecule has 0 saturated heterocycles. The van der Waals surface area contributed by atoms with Crippen LogP contribution in [0, 0.1) is 0 Å². The van der Waals surface area contributed by atoms with Gasteiger partial charge in [-0.25, -0.2) is 9.59 Å². The van der Waals surface area contributed by atoms with E-state index in [-0.39, 0.29) is 24.6 Å². The molecule has 0 bridgehead atoms. The summed E-state index contributed by atoms with van der Waals surface area (Å²) in [5.74, 6) is -1.29. The van der Waals surface area contributed by atoms with Gasteiger partial charge in [-0.1, -0.05) is 11.6 Å². The number of esters is 2. The van der Waals surface area contributed by atoms with Crippen LogP contribution in [-0.2, 0) is 23.8 Å². The first-order chi connectivity index (χ1) is 11.0. The Morgan fingerprint density at radius 1 is 1.26 bits per heavy atom. The number of halogens is 1. The van der Waals surface area contributed by atoms with Crippen LogP contribution in [0.15, 0.2) is 29.5 Å². The fourth-order valence-corrected chi connectivity index (χ4v) is 2.45. The molecule has 2 rings (SSSR count). The minimum Gasteiger partial charge on any atom is -0.466 e.